The highest BCUT2D eigenvalue weighted by Crippen LogP contribution is 1.86. The Hall–Kier alpha value is -0.320. The average Bonchev–Trinajstić information content (AvgIpc) is 1.98. The van der Waals surface area contributed by atoms with E-state index in [1.165, 1.54) is 0 Å². The van der Waals surface area contributed by atoms with Gasteiger partial charge < -0.3 is 0 Å². The molecule has 0 aromatic carbocycles. The molecule has 0 aromatic heterocycles. The van der Waals surface area contributed by atoms with Gasteiger partial charge in [0.25, 0.3) is 0 Å². The molecule has 0 saturated carbocycles. The Labute approximate surface area is 85.2 Å². The molecule has 2 N–H and O–H groups in total. The van der Waals surface area contributed by atoms with E-state index in [1.54, 1.807) is 6.08 Å². The third kappa shape index (κ3) is 22.6. The van der Waals surface area contributed by atoms with Crippen LogP contribution in [-0.4, -0.2) is 34.9 Å². The van der Waals surface area contributed by atoms with Crippen molar-refractivity contribution < 1.29 is 30.1 Å². The standard InChI is InChI=1S/C3H6.C2H6O7S2/c1-3-2;3-10(4)8-1-2-9-11(5,6)7/h3H,1H2,2H3;1-2H2,(H,3,4)(H,5,6,7). The maximum Gasteiger partial charge on any atom is 0.397 e. The topological polar surface area (TPSA) is 110 Å². The Morgan fingerprint density at radius 3 is 2.21 bits per heavy atom. The summed E-state index contributed by atoms with van der Waals surface area (Å²) in [6.45, 7) is 4.34. The summed E-state index contributed by atoms with van der Waals surface area (Å²) in [6, 6.07) is 0. The molecular formula is C5H12O7S2. The molecule has 0 aromatic rings. The first-order valence-corrected chi connectivity index (χ1v) is 5.66. The molecule has 0 spiro atoms. The summed E-state index contributed by atoms with van der Waals surface area (Å²) in [6.07, 6.45) is 1.75. The fourth-order valence-electron chi connectivity index (χ4n) is 0.245. The molecule has 0 heterocycles. The molecule has 0 bridgehead atoms. The number of hydrogen-bond donors (Lipinski definition) is 2. The molecular weight excluding hydrogens is 236 g/mol. The van der Waals surface area contributed by atoms with E-state index < -0.39 is 35.0 Å². The zero-order valence-corrected chi connectivity index (χ0v) is 9.08. The van der Waals surface area contributed by atoms with Crippen molar-refractivity contribution in [1.29, 1.82) is 0 Å². The Kier molecular flexibility index (Phi) is 10.6. The minimum absolute atomic E-state index is 0.400. The summed E-state index contributed by atoms with van der Waals surface area (Å²) in [7, 11) is -4.48. The Bertz CT molecular complexity index is 257. The van der Waals surface area contributed by atoms with Gasteiger partial charge >= 0.3 is 21.8 Å². The molecule has 1 unspecified atom stereocenters. The van der Waals surface area contributed by atoms with Gasteiger partial charge in [0.2, 0.25) is 0 Å². The van der Waals surface area contributed by atoms with E-state index in [0.29, 0.717) is 0 Å². The summed E-state index contributed by atoms with van der Waals surface area (Å²) in [5.74, 6) is 0. The summed E-state index contributed by atoms with van der Waals surface area (Å²) in [4.78, 5) is 0. The minimum atomic E-state index is -4.48. The molecule has 7 nitrogen and oxygen atoms in total. The van der Waals surface area contributed by atoms with Crippen LogP contribution in [-0.2, 0) is 30.1 Å². The molecule has 0 radical (unpaired) electrons. The predicted octanol–water partition coefficient (Wildman–Crippen LogP) is 0.151. The summed E-state index contributed by atoms with van der Waals surface area (Å²) >= 11 is -2.45. The summed E-state index contributed by atoms with van der Waals surface area (Å²) < 4.78 is 53.0. The van der Waals surface area contributed by atoms with Crippen LogP contribution < -0.4 is 0 Å². The van der Waals surface area contributed by atoms with Crippen LogP contribution in [0.15, 0.2) is 12.7 Å². The first-order valence-electron chi connectivity index (χ1n) is 3.26. The predicted molar refractivity (Wildman–Crippen MR) is 50.1 cm³/mol. The Morgan fingerprint density at radius 2 is 1.93 bits per heavy atom. The highest BCUT2D eigenvalue weighted by atomic mass is 32.3. The molecule has 0 amide bonds. The highest BCUT2D eigenvalue weighted by molar-refractivity contribution is 7.80. The number of allylic oxidation sites excluding steroid dienone is 1. The maximum absolute atomic E-state index is 9.82. The fraction of sp³-hybridized carbons (Fsp3) is 0.600. The SMILES string of the molecule is C=CC.O=S(O)OCCOS(=O)(=O)O. The summed E-state index contributed by atoms with van der Waals surface area (Å²) in [5, 5.41) is 0. The van der Waals surface area contributed by atoms with Gasteiger partial charge in [-0.15, -0.1) is 6.58 Å². The van der Waals surface area contributed by atoms with Crippen molar-refractivity contribution in [3.8, 4) is 0 Å². The second kappa shape index (κ2) is 9.24. The quantitative estimate of drug-likeness (QED) is 0.308. The average molecular weight is 248 g/mol. The van der Waals surface area contributed by atoms with Crippen molar-refractivity contribution in [2.24, 2.45) is 0 Å². The Morgan fingerprint density at radius 1 is 1.50 bits per heavy atom. The molecule has 1 atom stereocenters. The van der Waals surface area contributed by atoms with E-state index in [0.717, 1.165) is 0 Å². The minimum Gasteiger partial charge on any atom is -0.284 e. The van der Waals surface area contributed by atoms with Gasteiger partial charge in [-0.05, 0) is 6.92 Å². The lowest BCUT2D eigenvalue weighted by atomic mass is 10.8. The van der Waals surface area contributed by atoms with E-state index in [-0.39, 0.29) is 0 Å². The van der Waals surface area contributed by atoms with Crippen LogP contribution in [0.2, 0.25) is 0 Å². The van der Waals surface area contributed by atoms with Crippen LogP contribution in [0.25, 0.3) is 0 Å². The molecule has 9 heteroatoms. The van der Waals surface area contributed by atoms with Crippen molar-refractivity contribution in [2.45, 2.75) is 6.92 Å². The normalized spacial score (nSPS) is 12.5. The third-order valence-electron chi connectivity index (χ3n) is 0.500. The van der Waals surface area contributed by atoms with E-state index in [1.807, 2.05) is 6.92 Å². The Balaban J connectivity index is 0. The van der Waals surface area contributed by atoms with Gasteiger partial charge in [0.15, 0.2) is 0 Å². The molecule has 0 fully saturated rings. The zero-order chi connectivity index (χ0) is 11.6. The smallest absolute Gasteiger partial charge is 0.284 e. The monoisotopic (exact) mass is 248 g/mol. The van der Waals surface area contributed by atoms with E-state index in [9.17, 15) is 12.6 Å². The molecule has 0 rings (SSSR count). The van der Waals surface area contributed by atoms with E-state index >= 15 is 0 Å². The molecule has 86 valence electrons. The molecule has 0 aliphatic heterocycles. The van der Waals surface area contributed by atoms with Crippen molar-refractivity contribution >= 4 is 21.8 Å². The van der Waals surface area contributed by atoms with Crippen molar-refractivity contribution in [3.05, 3.63) is 12.7 Å². The maximum atomic E-state index is 9.82. The number of rotatable bonds is 5. The van der Waals surface area contributed by atoms with Gasteiger partial charge in [-0.25, -0.2) is 4.18 Å². The van der Waals surface area contributed by atoms with E-state index in [2.05, 4.69) is 14.9 Å². The molecule has 0 saturated heterocycles. The second-order valence-electron chi connectivity index (χ2n) is 1.70. The van der Waals surface area contributed by atoms with Gasteiger partial charge in [0.1, 0.15) is 0 Å². The zero-order valence-electron chi connectivity index (χ0n) is 7.45. The molecule has 14 heavy (non-hydrogen) atoms. The van der Waals surface area contributed by atoms with Crippen molar-refractivity contribution in [1.82, 2.24) is 0 Å². The van der Waals surface area contributed by atoms with E-state index in [4.69, 9.17) is 9.11 Å². The van der Waals surface area contributed by atoms with Crippen LogP contribution in [0, 0.1) is 0 Å². The largest absolute Gasteiger partial charge is 0.397 e. The first kappa shape index (κ1) is 16.1. The van der Waals surface area contributed by atoms with Gasteiger partial charge in [-0.2, -0.15) is 12.6 Å². The second-order valence-corrected chi connectivity index (χ2v) is 3.46. The van der Waals surface area contributed by atoms with Gasteiger partial charge in [-0.1, -0.05) is 6.08 Å². The van der Waals surface area contributed by atoms with Crippen LogP contribution >= 0.6 is 0 Å². The summed E-state index contributed by atoms with van der Waals surface area (Å²) in [5.41, 5.74) is 0. The van der Waals surface area contributed by atoms with Crippen molar-refractivity contribution in [3.63, 3.8) is 0 Å². The fourth-order valence-corrected chi connectivity index (χ4v) is 0.734. The third-order valence-corrected chi connectivity index (χ3v) is 1.33. The van der Waals surface area contributed by atoms with Gasteiger partial charge in [0, 0.05) is 0 Å². The van der Waals surface area contributed by atoms with Crippen LogP contribution in [0.4, 0.5) is 0 Å². The van der Waals surface area contributed by atoms with Crippen molar-refractivity contribution in [2.75, 3.05) is 13.2 Å². The highest BCUT2D eigenvalue weighted by Gasteiger charge is 2.03. The van der Waals surface area contributed by atoms with Crippen LogP contribution in [0.1, 0.15) is 6.92 Å². The number of hydrogen-bond acceptors (Lipinski definition) is 5. The lowest BCUT2D eigenvalue weighted by Gasteiger charge is -1.97. The van der Waals surface area contributed by atoms with Gasteiger partial charge in [-0.3, -0.25) is 13.3 Å². The van der Waals surface area contributed by atoms with Gasteiger partial charge in [0.05, 0.1) is 13.2 Å². The molecule has 0 aliphatic rings. The van der Waals surface area contributed by atoms with Crippen LogP contribution in [0.3, 0.4) is 0 Å². The lowest BCUT2D eigenvalue weighted by Crippen LogP contribution is -2.10. The molecule has 0 aliphatic carbocycles. The lowest BCUT2D eigenvalue weighted by molar-refractivity contribution is 0.202. The first-order chi connectivity index (χ1) is 6.33. The van der Waals surface area contributed by atoms with Crippen LogP contribution in [0.5, 0.6) is 0 Å².